The monoisotopic (exact) mass is 567 g/mol. The van der Waals surface area contributed by atoms with Gasteiger partial charge in [0, 0.05) is 50.8 Å². The molecule has 10 nitrogen and oxygen atoms in total. The third-order valence-electron chi connectivity index (χ3n) is 5.71. The van der Waals surface area contributed by atoms with Crippen molar-refractivity contribution >= 4 is 29.2 Å². The van der Waals surface area contributed by atoms with E-state index in [1.807, 2.05) is 11.6 Å². The normalized spacial score (nSPS) is 22.5. The molecule has 0 aromatic carbocycles. The lowest BCUT2D eigenvalue weighted by Gasteiger charge is -2.29. The van der Waals surface area contributed by atoms with Gasteiger partial charge >= 0.3 is 30.3 Å². The fourth-order valence-corrected chi connectivity index (χ4v) is 4.68. The molecule has 2 fully saturated rings. The van der Waals surface area contributed by atoms with Gasteiger partial charge in [0.05, 0.1) is 18.6 Å². The van der Waals surface area contributed by atoms with Crippen molar-refractivity contribution in [2.45, 2.75) is 31.7 Å². The van der Waals surface area contributed by atoms with E-state index in [4.69, 9.17) is 24.5 Å². The van der Waals surface area contributed by atoms with Crippen LogP contribution in [-0.4, -0.2) is 107 Å². The molecule has 0 unspecified atom stereocenters. The summed E-state index contributed by atoms with van der Waals surface area (Å²) in [5.74, 6) is -5.96. The highest BCUT2D eigenvalue weighted by atomic mass is 32.1. The highest BCUT2D eigenvalue weighted by Gasteiger charge is 2.53. The molecule has 0 radical (unpaired) electrons. The second-order valence-corrected chi connectivity index (χ2v) is 9.24. The van der Waals surface area contributed by atoms with Crippen molar-refractivity contribution in [3.05, 3.63) is 16.6 Å². The van der Waals surface area contributed by atoms with Crippen molar-refractivity contribution < 1.29 is 60.8 Å². The molecule has 3 rings (SSSR count). The minimum Gasteiger partial charge on any atom is -0.481 e. The molecule has 37 heavy (non-hydrogen) atoms. The van der Waals surface area contributed by atoms with Gasteiger partial charge in [-0.15, -0.1) is 11.3 Å². The quantitative estimate of drug-likeness (QED) is 0.440. The van der Waals surface area contributed by atoms with E-state index in [0.717, 1.165) is 50.6 Å². The average Bonchev–Trinajstić information content (AvgIpc) is 3.36. The standard InChI is InChI=1S/C16H25N3O3S.2C2HF3O2/c1-22-7-6-19-10-13-9-18(11-14-17-4-8-23-14)5-2-3-16(13,12-19)15(20)21;2*3-2(4,5)1(6)7/h4,8,13H,2-3,5-7,9-12H2,1H3,(H,20,21);2*(H,6,7)/t13-,16-;;/m0../s1. The molecule has 0 bridgehead atoms. The molecule has 17 heteroatoms. The minimum atomic E-state index is -5.08. The number of hydrogen-bond acceptors (Lipinski definition) is 8. The number of hydrogen-bond donors (Lipinski definition) is 3. The third-order valence-corrected chi connectivity index (χ3v) is 6.47. The Bertz CT molecular complexity index is 861. The molecule has 212 valence electrons. The maximum absolute atomic E-state index is 12.1. The number of rotatable bonds is 6. The minimum absolute atomic E-state index is 0.180. The van der Waals surface area contributed by atoms with Crippen molar-refractivity contribution in [2.75, 3.05) is 46.4 Å². The zero-order valence-electron chi connectivity index (χ0n) is 19.6. The topological polar surface area (TPSA) is 140 Å². The smallest absolute Gasteiger partial charge is 0.481 e. The van der Waals surface area contributed by atoms with Gasteiger partial charge in [0.25, 0.3) is 0 Å². The fraction of sp³-hybridized carbons (Fsp3) is 0.700. The number of carboxylic acids is 3. The number of ether oxygens (including phenoxy) is 1. The summed E-state index contributed by atoms with van der Waals surface area (Å²) >= 11 is 1.67. The van der Waals surface area contributed by atoms with E-state index in [-0.39, 0.29) is 5.92 Å². The number of carboxylic acid groups (broad SMARTS) is 3. The van der Waals surface area contributed by atoms with Gasteiger partial charge in [-0.05, 0) is 19.4 Å². The van der Waals surface area contributed by atoms with E-state index in [1.165, 1.54) is 0 Å². The molecule has 0 spiro atoms. The Morgan fingerprint density at radius 3 is 2.05 bits per heavy atom. The third kappa shape index (κ3) is 10.4. The van der Waals surface area contributed by atoms with Gasteiger partial charge in [-0.2, -0.15) is 26.3 Å². The second-order valence-electron chi connectivity index (χ2n) is 8.26. The van der Waals surface area contributed by atoms with E-state index < -0.39 is 35.7 Å². The van der Waals surface area contributed by atoms with Crippen LogP contribution in [0, 0.1) is 11.3 Å². The van der Waals surface area contributed by atoms with Crippen LogP contribution in [0.5, 0.6) is 0 Å². The van der Waals surface area contributed by atoms with Crippen LogP contribution in [-0.2, 0) is 25.7 Å². The number of fused-ring (bicyclic) bond motifs is 1. The Balaban J connectivity index is 0.000000404. The molecule has 2 atom stereocenters. The number of aromatic nitrogens is 1. The van der Waals surface area contributed by atoms with E-state index in [1.54, 1.807) is 18.4 Å². The van der Waals surface area contributed by atoms with Crippen molar-refractivity contribution in [1.29, 1.82) is 0 Å². The molecule has 1 aromatic heterocycles. The Morgan fingerprint density at radius 2 is 1.62 bits per heavy atom. The lowest BCUT2D eigenvalue weighted by molar-refractivity contribution is -0.193. The number of likely N-dealkylation sites (tertiary alicyclic amines) is 2. The van der Waals surface area contributed by atoms with E-state index in [9.17, 15) is 36.2 Å². The highest BCUT2D eigenvalue weighted by molar-refractivity contribution is 7.09. The maximum Gasteiger partial charge on any atom is 0.490 e. The SMILES string of the molecule is COCCN1C[C@@H]2CN(Cc3nccs3)CCC[C@]2(C(=O)O)C1.O=C(O)C(F)(F)F.O=C(O)C(F)(F)F. The first-order chi connectivity index (χ1) is 17.0. The number of methoxy groups -OCH3 is 1. The van der Waals surface area contributed by atoms with Crippen LogP contribution in [0.2, 0.25) is 0 Å². The Labute approximate surface area is 211 Å². The summed E-state index contributed by atoms with van der Waals surface area (Å²) in [6.45, 7) is 5.62. The summed E-state index contributed by atoms with van der Waals surface area (Å²) in [4.78, 5) is 38.9. The number of alkyl halides is 6. The van der Waals surface area contributed by atoms with Crippen molar-refractivity contribution in [1.82, 2.24) is 14.8 Å². The summed E-state index contributed by atoms with van der Waals surface area (Å²) in [5.41, 5.74) is -0.592. The van der Waals surface area contributed by atoms with Gasteiger partial charge in [0.1, 0.15) is 5.01 Å². The van der Waals surface area contributed by atoms with E-state index in [0.29, 0.717) is 13.2 Å². The van der Waals surface area contributed by atoms with Crippen LogP contribution in [0.25, 0.3) is 0 Å². The van der Waals surface area contributed by atoms with Crippen LogP contribution in [0.15, 0.2) is 11.6 Å². The second kappa shape index (κ2) is 13.9. The number of nitrogens with zero attached hydrogens (tertiary/aromatic N) is 3. The largest absolute Gasteiger partial charge is 0.490 e. The Kier molecular flexibility index (Phi) is 12.2. The van der Waals surface area contributed by atoms with E-state index >= 15 is 0 Å². The number of aliphatic carboxylic acids is 3. The van der Waals surface area contributed by atoms with Crippen LogP contribution < -0.4 is 0 Å². The zero-order valence-corrected chi connectivity index (χ0v) is 20.4. The molecule has 0 aliphatic carbocycles. The number of halogens is 6. The van der Waals surface area contributed by atoms with Crippen LogP contribution in [0.3, 0.4) is 0 Å². The van der Waals surface area contributed by atoms with Gasteiger partial charge < -0.3 is 20.1 Å². The molecule has 0 amide bonds. The first kappa shape index (κ1) is 32.5. The number of carbonyl (C=O) groups is 3. The van der Waals surface area contributed by atoms with Gasteiger partial charge in [0.2, 0.25) is 0 Å². The first-order valence-electron chi connectivity index (χ1n) is 10.7. The Hall–Kier alpha value is -2.50. The molecule has 2 aliphatic rings. The summed E-state index contributed by atoms with van der Waals surface area (Å²) in [5, 5.41) is 27.3. The fourth-order valence-electron chi connectivity index (χ4n) is 4.02. The van der Waals surface area contributed by atoms with Gasteiger partial charge in [0.15, 0.2) is 0 Å². The van der Waals surface area contributed by atoms with Crippen LogP contribution in [0.4, 0.5) is 26.3 Å². The summed E-state index contributed by atoms with van der Waals surface area (Å²) in [7, 11) is 1.69. The predicted molar refractivity (Wildman–Crippen MR) is 116 cm³/mol. The van der Waals surface area contributed by atoms with Gasteiger partial charge in [-0.1, -0.05) is 0 Å². The van der Waals surface area contributed by atoms with E-state index in [2.05, 4.69) is 14.8 Å². The van der Waals surface area contributed by atoms with Crippen molar-refractivity contribution in [3.8, 4) is 0 Å². The molecular formula is C20H27F6N3O7S. The van der Waals surface area contributed by atoms with Crippen LogP contribution >= 0.6 is 11.3 Å². The van der Waals surface area contributed by atoms with Gasteiger partial charge in [-0.3, -0.25) is 14.6 Å². The van der Waals surface area contributed by atoms with Crippen LogP contribution in [0.1, 0.15) is 17.8 Å². The van der Waals surface area contributed by atoms with Crippen molar-refractivity contribution in [3.63, 3.8) is 0 Å². The maximum atomic E-state index is 12.1. The Morgan fingerprint density at radius 1 is 1.08 bits per heavy atom. The summed E-state index contributed by atoms with van der Waals surface area (Å²) < 4.78 is 68.6. The molecule has 1 aromatic rings. The highest BCUT2D eigenvalue weighted by Crippen LogP contribution is 2.43. The lowest BCUT2D eigenvalue weighted by atomic mass is 9.75. The summed E-state index contributed by atoms with van der Waals surface area (Å²) in [6.07, 6.45) is -6.63. The van der Waals surface area contributed by atoms with Gasteiger partial charge in [-0.25, -0.2) is 14.6 Å². The molecule has 3 N–H and O–H groups in total. The molecule has 3 heterocycles. The lowest BCUT2D eigenvalue weighted by Crippen LogP contribution is -2.41. The number of thiazole rings is 1. The molecule has 2 aliphatic heterocycles. The van der Waals surface area contributed by atoms with Crippen molar-refractivity contribution in [2.24, 2.45) is 11.3 Å². The molecule has 2 saturated heterocycles. The zero-order chi connectivity index (χ0) is 28.4. The molecule has 0 saturated carbocycles. The molecular weight excluding hydrogens is 540 g/mol. The average molecular weight is 568 g/mol. The predicted octanol–water partition coefficient (Wildman–Crippen LogP) is 2.65. The summed E-state index contributed by atoms with van der Waals surface area (Å²) in [6, 6.07) is 0. The first-order valence-corrected chi connectivity index (χ1v) is 11.6.